The van der Waals surface area contributed by atoms with Crippen molar-refractivity contribution in [1.29, 1.82) is 0 Å². The third-order valence-corrected chi connectivity index (χ3v) is 3.47. The molecule has 3 N–H and O–H groups in total. The van der Waals surface area contributed by atoms with E-state index in [1.165, 1.54) is 10.9 Å². The van der Waals surface area contributed by atoms with E-state index in [1.807, 2.05) is 17.8 Å². The Labute approximate surface area is 118 Å². The molecule has 0 radical (unpaired) electrons. The predicted octanol–water partition coefficient (Wildman–Crippen LogP) is 2.20. The van der Waals surface area contributed by atoms with Gasteiger partial charge in [0.1, 0.15) is 0 Å². The fourth-order valence-corrected chi connectivity index (χ4v) is 2.21. The van der Waals surface area contributed by atoms with Crippen molar-refractivity contribution >= 4 is 28.6 Å². The Morgan fingerprint density at radius 2 is 2.16 bits per heavy atom. The van der Waals surface area contributed by atoms with Crippen molar-refractivity contribution in [2.75, 3.05) is 25.6 Å². The molecule has 0 amide bonds. The summed E-state index contributed by atoms with van der Waals surface area (Å²) in [6.07, 6.45) is 2.10. The first-order valence-electron chi connectivity index (χ1n) is 6.33. The van der Waals surface area contributed by atoms with Crippen LogP contribution < -0.4 is 10.6 Å². The zero-order chi connectivity index (χ0) is 13.5. The van der Waals surface area contributed by atoms with Gasteiger partial charge in [0.25, 0.3) is 0 Å². The standard InChI is InChI=1S/C14H20N4S/c1-15-14(16-7-8-19-2)17-10-12-9-11-5-3-4-6-13(11)18-12/h3-6,9,18H,7-8,10H2,1-2H3,(H2,15,16,17). The third kappa shape index (κ3) is 3.92. The van der Waals surface area contributed by atoms with E-state index >= 15 is 0 Å². The van der Waals surface area contributed by atoms with E-state index in [2.05, 4.69) is 51.1 Å². The van der Waals surface area contributed by atoms with Crippen LogP contribution in [-0.2, 0) is 6.54 Å². The zero-order valence-electron chi connectivity index (χ0n) is 11.4. The molecular formula is C14H20N4S. The molecule has 2 aromatic rings. The summed E-state index contributed by atoms with van der Waals surface area (Å²) >= 11 is 1.82. The Kier molecular flexibility index (Phi) is 5.15. The van der Waals surface area contributed by atoms with Gasteiger partial charge in [0.15, 0.2) is 5.96 Å². The first kappa shape index (κ1) is 13.8. The van der Waals surface area contributed by atoms with Gasteiger partial charge in [-0.3, -0.25) is 4.99 Å². The fraction of sp³-hybridized carbons (Fsp3) is 0.357. The molecule has 102 valence electrons. The Morgan fingerprint density at radius 1 is 1.32 bits per heavy atom. The van der Waals surface area contributed by atoms with Gasteiger partial charge in [-0.25, -0.2) is 0 Å². The lowest BCUT2D eigenvalue weighted by Crippen LogP contribution is -2.37. The molecule has 2 rings (SSSR count). The van der Waals surface area contributed by atoms with E-state index in [-0.39, 0.29) is 0 Å². The lowest BCUT2D eigenvalue weighted by Gasteiger charge is -2.10. The summed E-state index contributed by atoms with van der Waals surface area (Å²) in [6, 6.07) is 10.5. The molecule has 0 unspecified atom stereocenters. The van der Waals surface area contributed by atoms with Gasteiger partial charge in [0.05, 0.1) is 6.54 Å². The SMILES string of the molecule is CN=C(NCCSC)NCc1cc2ccccc2[nH]1. The molecule has 1 aromatic heterocycles. The van der Waals surface area contributed by atoms with Crippen molar-refractivity contribution in [3.8, 4) is 0 Å². The van der Waals surface area contributed by atoms with Gasteiger partial charge in [-0.2, -0.15) is 11.8 Å². The van der Waals surface area contributed by atoms with Crippen molar-refractivity contribution in [2.45, 2.75) is 6.54 Å². The average molecular weight is 276 g/mol. The number of para-hydroxylation sites is 1. The zero-order valence-corrected chi connectivity index (χ0v) is 12.2. The number of H-pyrrole nitrogens is 1. The van der Waals surface area contributed by atoms with E-state index in [0.717, 1.165) is 30.5 Å². The molecule has 0 saturated heterocycles. The normalized spacial score (nSPS) is 11.8. The summed E-state index contributed by atoms with van der Waals surface area (Å²) in [5.41, 5.74) is 2.33. The van der Waals surface area contributed by atoms with Crippen LogP contribution in [0.3, 0.4) is 0 Å². The minimum Gasteiger partial charge on any atom is -0.357 e. The van der Waals surface area contributed by atoms with Gasteiger partial charge in [-0.15, -0.1) is 0 Å². The summed E-state index contributed by atoms with van der Waals surface area (Å²) in [4.78, 5) is 7.59. The van der Waals surface area contributed by atoms with Gasteiger partial charge in [-0.05, 0) is 23.8 Å². The van der Waals surface area contributed by atoms with E-state index in [9.17, 15) is 0 Å². The molecule has 19 heavy (non-hydrogen) atoms. The molecule has 0 aliphatic rings. The molecule has 0 spiro atoms. The first-order chi connectivity index (χ1) is 9.33. The van der Waals surface area contributed by atoms with E-state index in [4.69, 9.17) is 0 Å². The Balaban J connectivity index is 1.90. The second-order valence-electron chi connectivity index (χ2n) is 4.23. The molecule has 1 aromatic carbocycles. The summed E-state index contributed by atoms with van der Waals surface area (Å²) in [6.45, 7) is 1.67. The molecule has 5 heteroatoms. The van der Waals surface area contributed by atoms with Gasteiger partial charge in [0.2, 0.25) is 0 Å². The maximum Gasteiger partial charge on any atom is 0.191 e. The number of aromatic nitrogens is 1. The maximum atomic E-state index is 4.20. The molecule has 1 heterocycles. The quantitative estimate of drug-likeness (QED) is 0.446. The van der Waals surface area contributed by atoms with Crippen LogP contribution in [0.25, 0.3) is 10.9 Å². The predicted molar refractivity (Wildman–Crippen MR) is 84.9 cm³/mol. The highest BCUT2D eigenvalue weighted by Gasteiger charge is 2.01. The highest BCUT2D eigenvalue weighted by Crippen LogP contribution is 2.14. The number of hydrogen-bond acceptors (Lipinski definition) is 2. The summed E-state index contributed by atoms with van der Waals surface area (Å²) in [5, 5.41) is 7.82. The largest absolute Gasteiger partial charge is 0.357 e. The minimum absolute atomic E-state index is 0.744. The minimum atomic E-state index is 0.744. The van der Waals surface area contributed by atoms with Crippen LogP contribution >= 0.6 is 11.8 Å². The Bertz CT molecular complexity index is 514. The van der Waals surface area contributed by atoms with Crippen LogP contribution in [-0.4, -0.2) is 36.5 Å². The van der Waals surface area contributed by atoms with Crippen LogP contribution in [0.5, 0.6) is 0 Å². The first-order valence-corrected chi connectivity index (χ1v) is 7.73. The number of aromatic amines is 1. The number of thioether (sulfide) groups is 1. The highest BCUT2D eigenvalue weighted by atomic mass is 32.2. The second-order valence-corrected chi connectivity index (χ2v) is 5.21. The van der Waals surface area contributed by atoms with E-state index in [1.54, 1.807) is 7.05 Å². The maximum absolute atomic E-state index is 4.20. The second kappa shape index (κ2) is 7.09. The van der Waals surface area contributed by atoms with Gasteiger partial charge in [-0.1, -0.05) is 18.2 Å². The Hall–Kier alpha value is -1.62. The average Bonchev–Trinajstić information content (AvgIpc) is 2.85. The van der Waals surface area contributed by atoms with Gasteiger partial charge < -0.3 is 15.6 Å². The molecule has 4 nitrogen and oxygen atoms in total. The lowest BCUT2D eigenvalue weighted by atomic mass is 10.2. The van der Waals surface area contributed by atoms with Crippen molar-refractivity contribution in [3.63, 3.8) is 0 Å². The molecule has 0 aliphatic heterocycles. The van der Waals surface area contributed by atoms with Crippen LogP contribution in [0.1, 0.15) is 5.69 Å². The van der Waals surface area contributed by atoms with Crippen molar-refractivity contribution in [3.05, 3.63) is 36.0 Å². The number of rotatable bonds is 5. The lowest BCUT2D eigenvalue weighted by molar-refractivity contribution is 0.820. The number of aliphatic imine (C=N–C) groups is 1. The van der Waals surface area contributed by atoms with Crippen molar-refractivity contribution < 1.29 is 0 Å². The molecule has 0 saturated carbocycles. The van der Waals surface area contributed by atoms with Crippen LogP contribution in [0.4, 0.5) is 0 Å². The summed E-state index contributed by atoms with van der Waals surface area (Å²) in [7, 11) is 1.79. The molecular weight excluding hydrogens is 256 g/mol. The molecule has 0 fully saturated rings. The number of nitrogens with zero attached hydrogens (tertiary/aromatic N) is 1. The van der Waals surface area contributed by atoms with Gasteiger partial charge in [0, 0.05) is 30.6 Å². The fourth-order valence-electron chi connectivity index (χ4n) is 1.90. The number of nitrogens with one attached hydrogen (secondary N) is 3. The van der Waals surface area contributed by atoms with E-state index < -0.39 is 0 Å². The highest BCUT2D eigenvalue weighted by molar-refractivity contribution is 7.98. The van der Waals surface area contributed by atoms with Crippen LogP contribution in [0.2, 0.25) is 0 Å². The number of benzene rings is 1. The molecule has 0 atom stereocenters. The Morgan fingerprint density at radius 3 is 2.89 bits per heavy atom. The third-order valence-electron chi connectivity index (χ3n) is 2.85. The molecule has 0 bridgehead atoms. The molecule has 0 aliphatic carbocycles. The van der Waals surface area contributed by atoms with Crippen molar-refractivity contribution in [2.24, 2.45) is 4.99 Å². The topological polar surface area (TPSA) is 52.2 Å². The smallest absolute Gasteiger partial charge is 0.191 e. The van der Waals surface area contributed by atoms with Crippen LogP contribution in [0, 0.1) is 0 Å². The number of fused-ring (bicyclic) bond motifs is 1. The van der Waals surface area contributed by atoms with Gasteiger partial charge >= 0.3 is 0 Å². The summed E-state index contributed by atoms with van der Waals surface area (Å²) in [5.74, 6) is 1.92. The monoisotopic (exact) mass is 276 g/mol. The van der Waals surface area contributed by atoms with Crippen LogP contribution in [0.15, 0.2) is 35.3 Å². The van der Waals surface area contributed by atoms with Crippen molar-refractivity contribution in [1.82, 2.24) is 15.6 Å². The number of guanidine groups is 1. The number of hydrogen-bond donors (Lipinski definition) is 3. The summed E-state index contributed by atoms with van der Waals surface area (Å²) < 4.78 is 0. The van der Waals surface area contributed by atoms with E-state index in [0.29, 0.717) is 0 Å².